The average molecular weight is 347 g/mol. The number of aryl methyl sites for hydroxylation is 2. The van der Waals surface area contributed by atoms with Gasteiger partial charge in [-0.2, -0.15) is 5.10 Å². The van der Waals surface area contributed by atoms with Crippen LogP contribution in [0.4, 0.5) is 4.39 Å². The van der Waals surface area contributed by atoms with E-state index in [0.717, 1.165) is 15.7 Å². The van der Waals surface area contributed by atoms with E-state index in [-0.39, 0.29) is 5.82 Å². The highest BCUT2D eigenvalue weighted by Crippen LogP contribution is 2.27. The minimum atomic E-state index is -0.460. The van der Waals surface area contributed by atoms with Crippen LogP contribution in [0.3, 0.4) is 0 Å². The van der Waals surface area contributed by atoms with Gasteiger partial charge in [0.25, 0.3) is 0 Å². The molecule has 2 aromatic rings. The van der Waals surface area contributed by atoms with Crippen LogP contribution in [0.1, 0.15) is 22.9 Å². The Balaban J connectivity index is 2.30. The Morgan fingerprint density at radius 3 is 2.79 bits per heavy atom. The lowest BCUT2D eigenvalue weighted by atomic mass is 10.00. The number of halogens is 3. The van der Waals surface area contributed by atoms with Crippen molar-refractivity contribution in [2.75, 3.05) is 0 Å². The van der Waals surface area contributed by atoms with Crippen molar-refractivity contribution in [3.63, 3.8) is 0 Å². The lowest BCUT2D eigenvalue weighted by Crippen LogP contribution is -2.15. The van der Waals surface area contributed by atoms with Gasteiger partial charge in [0.1, 0.15) is 11.0 Å². The molecule has 1 aromatic carbocycles. The molecule has 2 N–H and O–H groups in total. The molecule has 0 aliphatic heterocycles. The molecule has 2 rings (SSSR count). The largest absolute Gasteiger partial charge is 0.324 e. The van der Waals surface area contributed by atoms with E-state index in [9.17, 15) is 4.39 Å². The number of nitrogens with two attached hydrogens (primary N) is 1. The molecule has 0 amide bonds. The van der Waals surface area contributed by atoms with Gasteiger partial charge in [0.2, 0.25) is 0 Å². The van der Waals surface area contributed by atoms with Gasteiger partial charge in [-0.05, 0) is 31.5 Å². The molecule has 0 saturated heterocycles. The zero-order valence-electron chi connectivity index (χ0n) is 10.6. The molecule has 1 aromatic heterocycles. The first-order valence-corrected chi connectivity index (χ1v) is 6.95. The molecule has 19 heavy (non-hydrogen) atoms. The van der Waals surface area contributed by atoms with Crippen molar-refractivity contribution in [2.45, 2.75) is 19.4 Å². The van der Waals surface area contributed by atoms with Crippen LogP contribution in [0, 0.1) is 12.7 Å². The van der Waals surface area contributed by atoms with Crippen LogP contribution in [0.15, 0.2) is 22.7 Å². The number of rotatable bonds is 3. The molecule has 1 unspecified atom stereocenters. The van der Waals surface area contributed by atoms with Crippen molar-refractivity contribution in [3.05, 3.63) is 50.5 Å². The summed E-state index contributed by atoms with van der Waals surface area (Å²) in [7, 11) is 1.77. The van der Waals surface area contributed by atoms with Crippen LogP contribution in [0.25, 0.3) is 0 Å². The van der Waals surface area contributed by atoms with E-state index in [1.807, 2.05) is 6.92 Å². The second-order valence-corrected chi connectivity index (χ2v) is 5.73. The molecule has 0 fully saturated rings. The summed E-state index contributed by atoms with van der Waals surface area (Å²) in [6.45, 7) is 1.87. The van der Waals surface area contributed by atoms with Crippen molar-refractivity contribution in [1.29, 1.82) is 0 Å². The van der Waals surface area contributed by atoms with E-state index in [0.29, 0.717) is 17.1 Å². The normalized spacial score (nSPS) is 12.7. The highest BCUT2D eigenvalue weighted by Gasteiger charge is 2.18. The summed E-state index contributed by atoms with van der Waals surface area (Å²) in [5.74, 6) is -0.312. The molecule has 0 spiro atoms. The molecule has 0 aliphatic carbocycles. The highest BCUT2D eigenvalue weighted by atomic mass is 79.9. The lowest BCUT2D eigenvalue weighted by Gasteiger charge is -2.13. The fourth-order valence-electron chi connectivity index (χ4n) is 2.03. The Morgan fingerprint density at radius 1 is 1.53 bits per heavy atom. The second-order valence-electron chi connectivity index (χ2n) is 4.45. The standard InChI is InChI=1S/C13H14BrClFN3/c1-7-9(13(15)19(2)18-7)6-12(17)10-5-8(14)3-4-11(10)16/h3-5,12H,6,17H2,1-2H3. The third-order valence-corrected chi connectivity index (χ3v) is 4.02. The van der Waals surface area contributed by atoms with Gasteiger partial charge in [0.15, 0.2) is 0 Å². The topological polar surface area (TPSA) is 43.8 Å². The smallest absolute Gasteiger partial charge is 0.130 e. The molecule has 1 atom stereocenters. The fraction of sp³-hybridized carbons (Fsp3) is 0.308. The zero-order chi connectivity index (χ0) is 14.2. The molecular formula is C13H14BrClFN3. The van der Waals surface area contributed by atoms with Crippen LogP contribution in [0.5, 0.6) is 0 Å². The van der Waals surface area contributed by atoms with Crippen LogP contribution in [0.2, 0.25) is 5.15 Å². The van der Waals surface area contributed by atoms with Crippen molar-refractivity contribution in [3.8, 4) is 0 Å². The molecular weight excluding hydrogens is 333 g/mol. The van der Waals surface area contributed by atoms with Crippen molar-refractivity contribution >= 4 is 27.5 Å². The summed E-state index contributed by atoms with van der Waals surface area (Å²) >= 11 is 9.48. The molecule has 1 heterocycles. The van der Waals surface area contributed by atoms with Gasteiger partial charge in [-0.1, -0.05) is 27.5 Å². The Hall–Kier alpha value is -0.910. The van der Waals surface area contributed by atoms with Gasteiger partial charge < -0.3 is 5.73 Å². The van der Waals surface area contributed by atoms with Crippen LogP contribution in [-0.2, 0) is 13.5 Å². The fourth-order valence-corrected chi connectivity index (χ4v) is 2.66. The molecule has 3 nitrogen and oxygen atoms in total. The maximum atomic E-state index is 13.8. The van der Waals surface area contributed by atoms with Gasteiger partial charge in [-0.3, -0.25) is 4.68 Å². The first kappa shape index (κ1) is 14.5. The predicted octanol–water partition coefficient (Wildman–Crippen LogP) is 3.53. The first-order chi connectivity index (χ1) is 8.90. The summed E-state index contributed by atoms with van der Waals surface area (Å²) in [5, 5.41) is 4.77. The Morgan fingerprint density at radius 2 is 2.21 bits per heavy atom. The van der Waals surface area contributed by atoms with E-state index < -0.39 is 6.04 Å². The summed E-state index contributed by atoms with van der Waals surface area (Å²) < 4.78 is 16.2. The number of nitrogens with zero attached hydrogens (tertiary/aromatic N) is 2. The van der Waals surface area contributed by atoms with Crippen molar-refractivity contribution in [2.24, 2.45) is 12.8 Å². The van der Waals surface area contributed by atoms with Gasteiger partial charge in [0, 0.05) is 28.7 Å². The maximum absolute atomic E-state index is 13.8. The summed E-state index contributed by atoms with van der Waals surface area (Å²) in [6, 6.07) is 4.28. The molecule has 6 heteroatoms. The molecule has 0 saturated carbocycles. The maximum Gasteiger partial charge on any atom is 0.130 e. The number of aromatic nitrogens is 2. The van der Waals surface area contributed by atoms with Gasteiger partial charge in [-0.15, -0.1) is 0 Å². The molecule has 102 valence electrons. The molecule has 0 bridgehead atoms. The predicted molar refractivity (Wildman–Crippen MR) is 77.7 cm³/mol. The second kappa shape index (κ2) is 5.61. The minimum Gasteiger partial charge on any atom is -0.324 e. The van der Waals surface area contributed by atoms with Gasteiger partial charge in [-0.25, -0.2) is 4.39 Å². The van der Waals surface area contributed by atoms with Gasteiger partial charge >= 0.3 is 0 Å². The number of hydrogen-bond acceptors (Lipinski definition) is 2. The quantitative estimate of drug-likeness (QED) is 0.924. The van der Waals surface area contributed by atoms with Crippen LogP contribution < -0.4 is 5.73 Å². The minimum absolute atomic E-state index is 0.312. The van der Waals surface area contributed by atoms with Gasteiger partial charge in [0.05, 0.1) is 5.69 Å². The zero-order valence-corrected chi connectivity index (χ0v) is 13.0. The summed E-state index contributed by atoms with van der Waals surface area (Å²) in [6.07, 6.45) is 0.450. The lowest BCUT2D eigenvalue weighted by molar-refractivity contribution is 0.579. The third-order valence-electron chi connectivity index (χ3n) is 3.05. The molecule has 0 aliphatic rings. The van der Waals surface area contributed by atoms with E-state index >= 15 is 0 Å². The van der Waals surface area contributed by atoms with Crippen molar-refractivity contribution < 1.29 is 4.39 Å². The van der Waals surface area contributed by atoms with Crippen LogP contribution >= 0.6 is 27.5 Å². The van der Waals surface area contributed by atoms with E-state index in [1.54, 1.807) is 23.9 Å². The SMILES string of the molecule is Cc1nn(C)c(Cl)c1CC(N)c1cc(Br)ccc1F. The number of hydrogen-bond donors (Lipinski definition) is 1. The summed E-state index contributed by atoms with van der Waals surface area (Å²) in [4.78, 5) is 0. The molecule has 0 radical (unpaired) electrons. The van der Waals surface area contributed by atoms with E-state index in [4.69, 9.17) is 17.3 Å². The Kier molecular flexibility index (Phi) is 4.28. The van der Waals surface area contributed by atoms with E-state index in [2.05, 4.69) is 21.0 Å². The Labute approximate surface area is 124 Å². The first-order valence-electron chi connectivity index (χ1n) is 5.78. The van der Waals surface area contributed by atoms with Crippen LogP contribution in [-0.4, -0.2) is 9.78 Å². The van der Waals surface area contributed by atoms with E-state index in [1.165, 1.54) is 6.07 Å². The third kappa shape index (κ3) is 2.99. The highest BCUT2D eigenvalue weighted by molar-refractivity contribution is 9.10. The Bertz CT molecular complexity index is 612. The average Bonchev–Trinajstić information content (AvgIpc) is 2.59. The monoisotopic (exact) mass is 345 g/mol. The number of benzene rings is 1. The summed E-state index contributed by atoms with van der Waals surface area (Å²) in [5.41, 5.74) is 8.23. The van der Waals surface area contributed by atoms with Crippen molar-refractivity contribution in [1.82, 2.24) is 9.78 Å².